The predicted octanol–water partition coefficient (Wildman–Crippen LogP) is 0.579. The van der Waals surface area contributed by atoms with E-state index in [9.17, 15) is 0 Å². The van der Waals surface area contributed by atoms with Gasteiger partial charge in [0.05, 0.1) is 0 Å². The van der Waals surface area contributed by atoms with E-state index in [1.807, 2.05) is 6.07 Å². The predicted molar refractivity (Wildman–Crippen MR) is 75.4 cm³/mol. The molecule has 8 nitrogen and oxygen atoms in total. The number of hydrogen-bond acceptors (Lipinski definition) is 7. The Morgan fingerprint density at radius 3 is 2.85 bits per heavy atom. The topological polar surface area (TPSA) is 97.8 Å². The van der Waals surface area contributed by atoms with E-state index in [0.29, 0.717) is 23.8 Å². The van der Waals surface area contributed by atoms with Gasteiger partial charge in [0.2, 0.25) is 11.9 Å². The van der Waals surface area contributed by atoms with Gasteiger partial charge in [0.25, 0.3) is 5.95 Å². The third kappa shape index (κ3) is 2.42. The Morgan fingerprint density at radius 1 is 1.35 bits per heavy atom. The third-order valence-corrected chi connectivity index (χ3v) is 3.60. The van der Waals surface area contributed by atoms with Crippen molar-refractivity contribution in [2.75, 3.05) is 23.4 Å². The molecule has 1 fully saturated rings. The Labute approximate surface area is 117 Å². The summed E-state index contributed by atoms with van der Waals surface area (Å²) in [7, 11) is 0. The number of hydrazine groups is 1. The molecule has 106 valence electrons. The van der Waals surface area contributed by atoms with E-state index in [2.05, 4.69) is 37.3 Å². The average Bonchev–Trinajstić information content (AvgIpc) is 3.17. The van der Waals surface area contributed by atoms with Crippen LogP contribution in [0.25, 0.3) is 5.95 Å². The van der Waals surface area contributed by atoms with Crippen LogP contribution in [0.3, 0.4) is 0 Å². The minimum absolute atomic E-state index is 0.348. The van der Waals surface area contributed by atoms with Crippen molar-refractivity contribution >= 4 is 11.9 Å². The van der Waals surface area contributed by atoms with E-state index >= 15 is 0 Å². The van der Waals surface area contributed by atoms with Crippen molar-refractivity contribution in [3.05, 3.63) is 18.5 Å². The summed E-state index contributed by atoms with van der Waals surface area (Å²) in [6.07, 6.45) is 5.82. The van der Waals surface area contributed by atoms with Gasteiger partial charge in [-0.1, -0.05) is 13.3 Å². The summed E-state index contributed by atoms with van der Waals surface area (Å²) in [6, 6.07) is 1.82. The monoisotopic (exact) mass is 274 g/mol. The quantitative estimate of drug-likeness (QED) is 0.621. The highest BCUT2D eigenvalue weighted by Gasteiger charge is 2.24. The van der Waals surface area contributed by atoms with Crippen molar-refractivity contribution in [3.63, 3.8) is 0 Å². The first-order valence-electron chi connectivity index (χ1n) is 6.77. The van der Waals surface area contributed by atoms with Crippen LogP contribution in [-0.4, -0.2) is 37.8 Å². The van der Waals surface area contributed by atoms with E-state index in [1.165, 1.54) is 12.8 Å². The molecule has 2 aromatic rings. The fraction of sp³-hybridized carbons (Fsp3) is 0.500. The molecule has 3 rings (SSSR count). The lowest BCUT2D eigenvalue weighted by molar-refractivity contribution is 0.568. The Bertz CT molecular complexity index is 567. The highest BCUT2D eigenvalue weighted by Crippen LogP contribution is 2.23. The summed E-state index contributed by atoms with van der Waals surface area (Å²) in [6.45, 7) is 4.15. The van der Waals surface area contributed by atoms with E-state index in [-0.39, 0.29) is 0 Å². The number of hydrogen-bond donors (Lipinski definition) is 2. The molecule has 0 bridgehead atoms. The van der Waals surface area contributed by atoms with Crippen molar-refractivity contribution < 1.29 is 0 Å². The molecular weight excluding hydrogens is 256 g/mol. The zero-order valence-corrected chi connectivity index (χ0v) is 11.4. The van der Waals surface area contributed by atoms with Crippen molar-refractivity contribution in [1.29, 1.82) is 0 Å². The molecule has 1 atom stereocenters. The molecular formula is C12H18N8. The number of anilines is 2. The van der Waals surface area contributed by atoms with E-state index in [0.717, 1.165) is 13.1 Å². The van der Waals surface area contributed by atoms with Gasteiger partial charge in [-0.3, -0.25) is 5.43 Å². The maximum Gasteiger partial charge on any atom is 0.257 e. The van der Waals surface area contributed by atoms with Gasteiger partial charge in [-0.15, -0.1) is 0 Å². The zero-order valence-electron chi connectivity index (χ0n) is 11.4. The number of nitrogens with two attached hydrogens (primary N) is 1. The second-order valence-corrected chi connectivity index (χ2v) is 4.86. The Morgan fingerprint density at radius 2 is 2.20 bits per heavy atom. The molecule has 1 saturated heterocycles. The van der Waals surface area contributed by atoms with E-state index in [4.69, 9.17) is 5.84 Å². The number of nitrogen functional groups attached to an aromatic ring is 1. The summed E-state index contributed by atoms with van der Waals surface area (Å²) in [5.74, 6) is 7.61. The number of rotatable bonds is 4. The summed E-state index contributed by atoms with van der Waals surface area (Å²) >= 11 is 0. The third-order valence-electron chi connectivity index (χ3n) is 3.60. The highest BCUT2D eigenvalue weighted by atomic mass is 15.4. The maximum atomic E-state index is 5.44. The van der Waals surface area contributed by atoms with E-state index in [1.54, 1.807) is 17.1 Å². The molecule has 3 N–H and O–H groups in total. The Kier molecular flexibility index (Phi) is 3.46. The summed E-state index contributed by atoms with van der Waals surface area (Å²) < 4.78 is 1.60. The van der Waals surface area contributed by atoms with Crippen LogP contribution < -0.4 is 16.2 Å². The molecule has 0 saturated carbocycles. The fourth-order valence-electron chi connectivity index (χ4n) is 2.40. The van der Waals surface area contributed by atoms with Gasteiger partial charge >= 0.3 is 0 Å². The van der Waals surface area contributed by atoms with Gasteiger partial charge in [-0.05, 0) is 18.4 Å². The van der Waals surface area contributed by atoms with Crippen LogP contribution in [-0.2, 0) is 0 Å². The molecule has 0 aliphatic carbocycles. The molecule has 0 aromatic carbocycles. The molecule has 1 aliphatic rings. The number of nitrogens with one attached hydrogen (secondary N) is 1. The molecule has 1 aliphatic heterocycles. The largest absolute Gasteiger partial charge is 0.340 e. The van der Waals surface area contributed by atoms with Crippen molar-refractivity contribution in [2.45, 2.75) is 19.8 Å². The normalized spacial score (nSPS) is 18.5. The average molecular weight is 274 g/mol. The van der Waals surface area contributed by atoms with Gasteiger partial charge in [0, 0.05) is 25.5 Å². The van der Waals surface area contributed by atoms with Gasteiger partial charge < -0.3 is 4.90 Å². The maximum absolute atomic E-state index is 5.44. The summed E-state index contributed by atoms with van der Waals surface area (Å²) in [5.41, 5.74) is 2.49. The smallest absolute Gasteiger partial charge is 0.257 e. The van der Waals surface area contributed by atoms with Crippen molar-refractivity contribution in [1.82, 2.24) is 24.7 Å². The second-order valence-electron chi connectivity index (χ2n) is 4.86. The van der Waals surface area contributed by atoms with Crippen molar-refractivity contribution in [3.8, 4) is 5.95 Å². The van der Waals surface area contributed by atoms with Gasteiger partial charge in [0.1, 0.15) is 0 Å². The standard InChI is InChI=1S/C12H18N8/c1-2-9-4-7-19(8-9)11-15-10(18-13)16-12(17-11)20-6-3-5-14-20/h3,5-6,9H,2,4,7-8,13H2,1H3,(H,15,16,17,18). The Hall–Kier alpha value is -2.22. The molecule has 3 heterocycles. The van der Waals surface area contributed by atoms with Gasteiger partial charge in [0.15, 0.2) is 0 Å². The molecule has 2 aromatic heterocycles. The lowest BCUT2D eigenvalue weighted by atomic mass is 10.1. The summed E-state index contributed by atoms with van der Waals surface area (Å²) in [5, 5.41) is 4.14. The van der Waals surface area contributed by atoms with Crippen LogP contribution in [0, 0.1) is 5.92 Å². The minimum Gasteiger partial charge on any atom is -0.340 e. The van der Waals surface area contributed by atoms with Crippen LogP contribution in [0.2, 0.25) is 0 Å². The lowest BCUT2D eigenvalue weighted by Crippen LogP contribution is -2.24. The number of aromatic nitrogens is 5. The van der Waals surface area contributed by atoms with Crippen LogP contribution in [0.5, 0.6) is 0 Å². The molecule has 8 heteroatoms. The first-order chi connectivity index (χ1) is 9.80. The fourth-order valence-corrected chi connectivity index (χ4v) is 2.40. The Balaban J connectivity index is 1.93. The SMILES string of the molecule is CCC1CCN(c2nc(NN)nc(-n3cccn3)n2)C1. The zero-order chi connectivity index (χ0) is 13.9. The molecule has 0 spiro atoms. The van der Waals surface area contributed by atoms with Gasteiger partial charge in [-0.2, -0.15) is 20.1 Å². The van der Waals surface area contributed by atoms with Crippen LogP contribution in [0.1, 0.15) is 19.8 Å². The van der Waals surface area contributed by atoms with Crippen molar-refractivity contribution in [2.24, 2.45) is 11.8 Å². The molecule has 20 heavy (non-hydrogen) atoms. The molecule has 0 amide bonds. The van der Waals surface area contributed by atoms with Crippen LogP contribution in [0.15, 0.2) is 18.5 Å². The first-order valence-corrected chi connectivity index (χ1v) is 6.77. The van der Waals surface area contributed by atoms with Crippen LogP contribution >= 0.6 is 0 Å². The number of nitrogens with zero attached hydrogens (tertiary/aromatic N) is 6. The lowest BCUT2D eigenvalue weighted by Gasteiger charge is -2.17. The summed E-state index contributed by atoms with van der Waals surface area (Å²) in [4.78, 5) is 15.2. The van der Waals surface area contributed by atoms with E-state index < -0.39 is 0 Å². The highest BCUT2D eigenvalue weighted by molar-refractivity contribution is 5.40. The van der Waals surface area contributed by atoms with Crippen LogP contribution in [0.4, 0.5) is 11.9 Å². The molecule has 0 radical (unpaired) electrons. The van der Waals surface area contributed by atoms with Gasteiger partial charge in [-0.25, -0.2) is 10.5 Å². The first kappa shape index (κ1) is 12.8. The second kappa shape index (κ2) is 5.41. The molecule has 1 unspecified atom stereocenters. The minimum atomic E-state index is 0.348.